The van der Waals surface area contributed by atoms with Gasteiger partial charge in [0.25, 0.3) is 0 Å². The molecule has 7 nitrogen and oxygen atoms in total. The molecule has 2 bridgehead atoms. The van der Waals surface area contributed by atoms with Gasteiger partial charge in [0, 0.05) is 54.2 Å². The van der Waals surface area contributed by atoms with Gasteiger partial charge < -0.3 is 10.2 Å². The number of hydrogen-bond donors (Lipinski definition) is 2. The molecule has 2 N–H and O–H groups in total. The van der Waals surface area contributed by atoms with Crippen LogP contribution in [0.4, 0.5) is 23.8 Å². The molecule has 0 radical (unpaired) electrons. The minimum atomic E-state index is -4.16. The quantitative estimate of drug-likeness (QED) is 0.562. The largest absolute Gasteiger partial charge is 0.390 e. The number of benzene rings is 1. The van der Waals surface area contributed by atoms with Crippen LogP contribution in [0.15, 0.2) is 49.1 Å². The zero-order chi connectivity index (χ0) is 23.7. The summed E-state index contributed by atoms with van der Waals surface area (Å²) in [6, 6.07) is 7.56. The average molecular weight is 470 g/mol. The van der Waals surface area contributed by atoms with E-state index in [1.807, 2.05) is 29.2 Å². The number of pyridine rings is 1. The maximum Gasteiger partial charge on any atom is 0.390 e. The number of carbonyl (C=O) groups excluding carboxylic acids is 1. The summed E-state index contributed by atoms with van der Waals surface area (Å²) in [5.41, 5.74) is 1.68. The molecule has 0 unspecified atom stereocenters. The Balaban J connectivity index is 1.25. The Labute approximate surface area is 194 Å². The first kappa shape index (κ1) is 22.5. The maximum atomic E-state index is 13.1. The first-order valence-corrected chi connectivity index (χ1v) is 11.4. The summed E-state index contributed by atoms with van der Waals surface area (Å²) in [6.07, 6.45) is 4.73. The van der Waals surface area contributed by atoms with E-state index in [2.05, 4.69) is 25.6 Å². The first-order chi connectivity index (χ1) is 16.4. The van der Waals surface area contributed by atoms with Crippen molar-refractivity contribution in [1.29, 1.82) is 0 Å². The SMILES string of the molecule is O=C(Nc1cc2cc(-c3cnccn3)ccc2cn1)N1[C@@H]2CC[C@H]1C[C@H](NCCC(F)(F)F)C2. The number of piperidine rings is 1. The predicted molar refractivity (Wildman–Crippen MR) is 122 cm³/mol. The molecule has 3 aromatic rings. The van der Waals surface area contributed by atoms with Gasteiger partial charge in [0.05, 0.1) is 18.3 Å². The topological polar surface area (TPSA) is 83.0 Å². The number of nitrogens with one attached hydrogen (secondary N) is 2. The Bertz CT molecular complexity index is 1160. The number of amides is 2. The standard InChI is InChI=1S/C24H25F3N6O/c25-24(26,27)5-6-29-18-11-19-3-4-20(12-18)33(19)23(34)32-22-10-17-9-15(1-2-16(17)13-31-22)21-14-28-7-8-30-21/h1-2,7-10,13-14,18-20,29H,3-6,11-12H2,(H,31,32,34)/t18-,19-,20+. The van der Waals surface area contributed by atoms with E-state index >= 15 is 0 Å². The van der Waals surface area contributed by atoms with E-state index in [9.17, 15) is 18.0 Å². The van der Waals surface area contributed by atoms with Gasteiger partial charge >= 0.3 is 12.2 Å². The fraction of sp³-hybridized carbons (Fsp3) is 0.417. The minimum Gasteiger partial charge on any atom is -0.318 e. The van der Waals surface area contributed by atoms with Gasteiger partial charge in [0.15, 0.2) is 0 Å². The zero-order valence-corrected chi connectivity index (χ0v) is 18.4. The van der Waals surface area contributed by atoms with Crippen molar-refractivity contribution < 1.29 is 18.0 Å². The van der Waals surface area contributed by atoms with Crippen molar-refractivity contribution >= 4 is 22.6 Å². The number of hydrogen-bond acceptors (Lipinski definition) is 5. The number of nitrogens with zero attached hydrogens (tertiary/aromatic N) is 4. The number of alkyl halides is 3. The molecule has 2 fully saturated rings. The fourth-order valence-corrected chi connectivity index (χ4v) is 5.08. The summed E-state index contributed by atoms with van der Waals surface area (Å²) in [5, 5.41) is 7.81. The van der Waals surface area contributed by atoms with Crippen LogP contribution in [0.2, 0.25) is 0 Å². The number of anilines is 1. The van der Waals surface area contributed by atoms with Crippen molar-refractivity contribution in [2.75, 3.05) is 11.9 Å². The van der Waals surface area contributed by atoms with Crippen LogP contribution in [0.5, 0.6) is 0 Å². The number of aromatic nitrogens is 3. The summed E-state index contributed by atoms with van der Waals surface area (Å²) in [6.45, 7) is -0.0859. The summed E-state index contributed by atoms with van der Waals surface area (Å²) in [5.74, 6) is 0.457. The molecule has 4 heterocycles. The summed E-state index contributed by atoms with van der Waals surface area (Å²) >= 11 is 0. The highest BCUT2D eigenvalue weighted by atomic mass is 19.4. The second-order valence-electron chi connectivity index (χ2n) is 8.93. The Hall–Kier alpha value is -3.27. The Kier molecular flexibility index (Phi) is 6.07. The highest BCUT2D eigenvalue weighted by Crippen LogP contribution is 2.36. The molecule has 3 atom stereocenters. The second kappa shape index (κ2) is 9.17. The van der Waals surface area contributed by atoms with E-state index < -0.39 is 12.6 Å². The van der Waals surface area contributed by atoms with Crippen molar-refractivity contribution in [3.63, 3.8) is 0 Å². The van der Waals surface area contributed by atoms with Crippen molar-refractivity contribution in [2.24, 2.45) is 0 Å². The van der Waals surface area contributed by atoms with E-state index in [-0.39, 0.29) is 30.7 Å². The minimum absolute atomic E-state index is 0.00204. The number of halogens is 3. The van der Waals surface area contributed by atoms with Crippen LogP contribution in [-0.4, -0.2) is 56.7 Å². The van der Waals surface area contributed by atoms with Crippen LogP contribution in [0.25, 0.3) is 22.0 Å². The highest BCUT2D eigenvalue weighted by molar-refractivity contribution is 5.93. The molecular weight excluding hydrogens is 445 g/mol. The molecule has 0 saturated carbocycles. The molecule has 0 spiro atoms. The van der Waals surface area contributed by atoms with E-state index in [0.717, 1.165) is 34.9 Å². The lowest BCUT2D eigenvalue weighted by atomic mass is 9.97. The van der Waals surface area contributed by atoms with Crippen LogP contribution >= 0.6 is 0 Å². The summed E-state index contributed by atoms with van der Waals surface area (Å²) in [7, 11) is 0. The third-order valence-electron chi connectivity index (χ3n) is 6.62. The number of rotatable bonds is 5. The summed E-state index contributed by atoms with van der Waals surface area (Å²) in [4.78, 5) is 27.8. The molecule has 34 heavy (non-hydrogen) atoms. The Morgan fingerprint density at radius 3 is 2.53 bits per heavy atom. The molecule has 2 amide bonds. The van der Waals surface area contributed by atoms with Gasteiger partial charge in [-0.15, -0.1) is 0 Å². The van der Waals surface area contributed by atoms with Crippen molar-refractivity contribution in [1.82, 2.24) is 25.2 Å². The molecule has 10 heteroatoms. The molecule has 2 aliphatic rings. The third-order valence-corrected chi connectivity index (χ3v) is 6.62. The molecule has 2 aromatic heterocycles. The van der Waals surface area contributed by atoms with Crippen molar-refractivity contribution in [2.45, 2.75) is 56.4 Å². The van der Waals surface area contributed by atoms with Gasteiger partial charge in [-0.25, -0.2) is 9.78 Å². The number of fused-ring (bicyclic) bond motifs is 3. The lowest BCUT2D eigenvalue weighted by Gasteiger charge is -2.39. The lowest BCUT2D eigenvalue weighted by Crippen LogP contribution is -2.53. The molecule has 1 aromatic carbocycles. The Morgan fingerprint density at radius 2 is 1.82 bits per heavy atom. The van der Waals surface area contributed by atoms with Crippen molar-refractivity contribution in [3.8, 4) is 11.3 Å². The van der Waals surface area contributed by atoms with Gasteiger partial charge in [-0.2, -0.15) is 13.2 Å². The fourth-order valence-electron chi connectivity index (χ4n) is 5.08. The molecule has 178 valence electrons. The van der Waals surface area contributed by atoms with Gasteiger partial charge in [-0.3, -0.25) is 15.3 Å². The smallest absolute Gasteiger partial charge is 0.318 e. The van der Waals surface area contributed by atoms with Crippen LogP contribution < -0.4 is 10.6 Å². The average Bonchev–Trinajstić information content (AvgIpc) is 3.09. The van der Waals surface area contributed by atoms with E-state index in [4.69, 9.17) is 0 Å². The highest BCUT2D eigenvalue weighted by Gasteiger charge is 2.43. The maximum absolute atomic E-state index is 13.1. The normalized spacial score (nSPS) is 22.2. The molecule has 2 aliphatic heterocycles. The van der Waals surface area contributed by atoms with Crippen LogP contribution in [0.3, 0.4) is 0 Å². The lowest BCUT2D eigenvalue weighted by molar-refractivity contribution is -0.133. The van der Waals surface area contributed by atoms with Gasteiger partial charge in [-0.05, 0) is 43.2 Å². The summed E-state index contributed by atoms with van der Waals surface area (Å²) < 4.78 is 37.3. The second-order valence-corrected chi connectivity index (χ2v) is 8.93. The van der Waals surface area contributed by atoms with Crippen LogP contribution in [0, 0.1) is 0 Å². The third kappa shape index (κ3) is 4.96. The van der Waals surface area contributed by atoms with Gasteiger partial charge in [0.1, 0.15) is 5.82 Å². The molecule has 5 rings (SSSR count). The van der Waals surface area contributed by atoms with E-state index in [1.165, 1.54) is 0 Å². The monoisotopic (exact) mass is 470 g/mol. The van der Waals surface area contributed by atoms with Gasteiger partial charge in [0.2, 0.25) is 0 Å². The molecule has 0 aliphatic carbocycles. The number of carbonyl (C=O) groups is 1. The first-order valence-electron chi connectivity index (χ1n) is 11.4. The van der Waals surface area contributed by atoms with E-state index in [1.54, 1.807) is 24.8 Å². The van der Waals surface area contributed by atoms with Crippen molar-refractivity contribution in [3.05, 3.63) is 49.1 Å². The number of urea groups is 1. The predicted octanol–water partition coefficient (Wildman–Crippen LogP) is 4.76. The zero-order valence-electron chi connectivity index (χ0n) is 18.4. The van der Waals surface area contributed by atoms with Gasteiger partial charge in [-0.1, -0.05) is 12.1 Å². The molecular formula is C24H25F3N6O. The van der Waals surface area contributed by atoms with Crippen LogP contribution in [-0.2, 0) is 0 Å². The van der Waals surface area contributed by atoms with E-state index in [0.29, 0.717) is 18.7 Å². The van der Waals surface area contributed by atoms with Crippen LogP contribution in [0.1, 0.15) is 32.1 Å². The molecule has 2 saturated heterocycles. The Morgan fingerprint density at radius 1 is 1.03 bits per heavy atom.